The first-order valence-electron chi connectivity index (χ1n) is 7.86. The molecule has 2 N–H and O–H groups in total. The molecule has 0 aliphatic heterocycles. The summed E-state index contributed by atoms with van der Waals surface area (Å²) in [6.07, 6.45) is 6.07. The second-order valence-electron chi connectivity index (χ2n) is 5.87. The lowest BCUT2D eigenvalue weighted by Gasteiger charge is -2.12. The van der Waals surface area contributed by atoms with Crippen LogP contribution in [-0.4, -0.2) is 26.6 Å². The van der Waals surface area contributed by atoms with E-state index < -0.39 is 10.0 Å². The zero-order valence-electron chi connectivity index (χ0n) is 13.2. The molecule has 0 unspecified atom stereocenters. The van der Waals surface area contributed by atoms with Gasteiger partial charge in [-0.3, -0.25) is 0 Å². The smallest absolute Gasteiger partial charge is 0.242 e. The van der Waals surface area contributed by atoms with Crippen LogP contribution in [0.25, 0.3) is 0 Å². The van der Waals surface area contributed by atoms with Gasteiger partial charge in [-0.1, -0.05) is 26.7 Å². The van der Waals surface area contributed by atoms with Crippen molar-refractivity contribution in [2.45, 2.75) is 57.0 Å². The third-order valence-corrected chi connectivity index (χ3v) is 5.62. The second-order valence-corrected chi connectivity index (χ2v) is 7.64. The molecule has 120 valence electrons. The monoisotopic (exact) mass is 313 g/mol. The molecule has 1 heterocycles. The maximum Gasteiger partial charge on any atom is 0.242 e. The van der Waals surface area contributed by atoms with E-state index in [1.54, 1.807) is 12.3 Å². The predicted molar refractivity (Wildman–Crippen MR) is 84.7 cm³/mol. The molecule has 6 heteroatoms. The van der Waals surface area contributed by atoms with Gasteiger partial charge in [-0.2, -0.15) is 0 Å². The van der Waals surface area contributed by atoms with Crippen LogP contribution in [0.1, 0.15) is 51.3 Å². The molecule has 1 aromatic rings. The standard InChI is InChI=1S/C15H27N3O2S/c1-4-12(5-2)9-17-21(19,20)15-8-14(10-16-3)18(11-15)13-6-7-13/h8,11-13,16-17H,4-7,9-10H2,1-3H3. The summed E-state index contributed by atoms with van der Waals surface area (Å²) in [5.74, 6) is 0.405. The van der Waals surface area contributed by atoms with Gasteiger partial charge in [0.15, 0.2) is 0 Å². The first-order chi connectivity index (χ1) is 10.0. The Morgan fingerprint density at radius 3 is 2.52 bits per heavy atom. The maximum atomic E-state index is 12.4. The molecule has 0 bridgehead atoms. The Kier molecular flexibility index (Phi) is 5.46. The molecule has 0 aromatic carbocycles. The van der Waals surface area contributed by atoms with Gasteiger partial charge < -0.3 is 9.88 Å². The lowest BCUT2D eigenvalue weighted by molar-refractivity contribution is 0.479. The molecule has 0 atom stereocenters. The van der Waals surface area contributed by atoms with Gasteiger partial charge in [0.1, 0.15) is 0 Å². The van der Waals surface area contributed by atoms with Crippen molar-refractivity contribution < 1.29 is 8.42 Å². The molecule has 1 aliphatic rings. The van der Waals surface area contributed by atoms with Crippen molar-refractivity contribution in [1.29, 1.82) is 0 Å². The summed E-state index contributed by atoms with van der Waals surface area (Å²) in [6, 6.07) is 2.28. The molecular formula is C15H27N3O2S. The van der Waals surface area contributed by atoms with Crippen LogP contribution < -0.4 is 10.0 Å². The summed E-state index contributed by atoms with van der Waals surface area (Å²) in [7, 11) is -1.52. The van der Waals surface area contributed by atoms with E-state index in [0.29, 0.717) is 29.9 Å². The lowest BCUT2D eigenvalue weighted by atomic mass is 10.0. The molecule has 2 rings (SSSR count). The van der Waals surface area contributed by atoms with Crippen LogP contribution in [-0.2, 0) is 16.6 Å². The molecule has 21 heavy (non-hydrogen) atoms. The van der Waals surface area contributed by atoms with Crippen LogP contribution in [0.2, 0.25) is 0 Å². The SMILES string of the molecule is CCC(CC)CNS(=O)(=O)c1cc(CNC)n(C2CC2)c1. The fourth-order valence-corrected chi connectivity index (χ4v) is 3.71. The van der Waals surface area contributed by atoms with Gasteiger partial charge in [0.2, 0.25) is 10.0 Å². The Labute approximate surface area is 128 Å². The third-order valence-electron chi connectivity index (χ3n) is 4.23. The van der Waals surface area contributed by atoms with Gasteiger partial charge in [-0.25, -0.2) is 13.1 Å². The van der Waals surface area contributed by atoms with E-state index in [0.717, 1.165) is 31.4 Å². The van der Waals surface area contributed by atoms with Crippen molar-refractivity contribution in [2.75, 3.05) is 13.6 Å². The van der Waals surface area contributed by atoms with Gasteiger partial charge in [0, 0.05) is 31.0 Å². The Hall–Kier alpha value is -0.850. The van der Waals surface area contributed by atoms with E-state index in [1.165, 1.54) is 0 Å². The highest BCUT2D eigenvalue weighted by molar-refractivity contribution is 7.89. The van der Waals surface area contributed by atoms with E-state index in [4.69, 9.17) is 0 Å². The molecule has 0 radical (unpaired) electrons. The topological polar surface area (TPSA) is 63.1 Å². The van der Waals surface area contributed by atoms with Crippen molar-refractivity contribution >= 4 is 10.0 Å². The Morgan fingerprint density at radius 1 is 1.33 bits per heavy atom. The van der Waals surface area contributed by atoms with E-state index in [9.17, 15) is 8.42 Å². The number of sulfonamides is 1. The van der Waals surface area contributed by atoms with Crippen LogP contribution in [0.3, 0.4) is 0 Å². The molecular weight excluding hydrogens is 286 g/mol. The molecule has 1 saturated carbocycles. The number of aromatic nitrogens is 1. The Morgan fingerprint density at radius 2 is 2.00 bits per heavy atom. The molecule has 1 aromatic heterocycles. The summed E-state index contributed by atoms with van der Waals surface area (Å²) in [4.78, 5) is 0.394. The number of hydrogen-bond donors (Lipinski definition) is 2. The first-order valence-corrected chi connectivity index (χ1v) is 9.35. The average molecular weight is 313 g/mol. The zero-order chi connectivity index (χ0) is 15.5. The average Bonchev–Trinajstić information content (AvgIpc) is 3.21. The van der Waals surface area contributed by atoms with Gasteiger partial charge in [0.25, 0.3) is 0 Å². The van der Waals surface area contributed by atoms with Crippen LogP contribution in [0.15, 0.2) is 17.2 Å². The fourth-order valence-electron chi connectivity index (χ4n) is 2.55. The zero-order valence-corrected chi connectivity index (χ0v) is 14.0. The van der Waals surface area contributed by atoms with Gasteiger partial charge in [-0.05, 0) is 31.9 Å². The highest BCUT2D eigenvalue weighted by Gasteiger charge is 2.28. The highest BCUT2D eigenvalue weighted by Crippen LogP contribution is 2.37. The van der Waals surface area contributed by atoms with Gasteiger partial charge >= 0.3 is 0 Å². The van der Waals surface area contributed by atoms with Gasteiger partial charge in [-0.15, -0.1) is 0 Å². The van der Waals surface area contributed by atoms with E-state index in [2.05, 4.69) is 28.5 Å². The number of hydrogen-bond acceptors (Lipinski definition) is 3. The Balaban J connectivity index is 2.13. The second kappa shape index (κ2) is 6.94. The predicted octanol–water partition coefficient (Wildman–Crippen LogP) is 2.26. The molecule has 1 fully saturated rings. The molecule has 5 nitrogen and oxygen atoms in total. The normalized spacial score (nSPS) is 15.8. The largest absolute Gasteiger partial charge is 0.346 e. The summed E-state index contributed by atoms with van der Waals surface area (Å²) in [6.45, 7) is 5.40. The van der Waals surface area contributed by atoms with Crippen LogP contribution >= 0.6 is 0 Å². The number of rotatable bonds is 9. The fraction of sp³-hybridized carbons (Fsp3) is 0.733. The number of nitrogens with zero attached hydrogens (tertiary/aromatic N) is 1. The minimum Gasteiger partial charge on any atom is -0.346 e. The van der Waals surface area contributed by atoms with E-state index in [1.807, 2.05) is 7.05 Å². The molecule has 0 saturated heterocycles. The Bertz CT molecular complexity index is 557. The molecule has 1 aliphatic carbocycles. The van der Waals surface area contributed by atoms with E-state index >= 15 is 0 Å². The summed E-state index contributed by atoms with van der Waals surface area (Å²) in [5.41, 5.74) is 1.04. The minimum atomic E-state index is -3.40. The third kappa shape index (κ3) is 4.08. The molecule has 0 amide bonds. The van der Waals surface area contributed by atoms with Crippen molar-refractivity contribution in [3.63, 3.8) is 0 Å². The lowest BCUT2D eigenvalue weighted by Crippen LogP contribution is -2.28. The molecule has 0 spiro atoms. The van der Waals surface area contributed by atoms with Crippen molar-refractivity contribution in [2.24, 2.45) is 5.92 Å². The van der Waals surface area contributed by atoms with Crippen molar-refractivity contribution in [3.8, 4) is 0 Å². The quantitative estimate of drug-likeness (QED) is 0.735. The van der Waals surface area contributed by atoms with E-state index in [-0.39, 0.29) is 0 Å². The summed E-state index contributed by atoms with van der Waals surface area (Å²) < 4.78 is 29.7. The minimum absolute atomic E-state index is 0.394. The maximum absolute atomic E-state index is 12.4. The summed E-state index contributed by atoms with van der Waals surface area (Å²) >= 11 is 0. The van der Waals surface area contributed by atoms with Gasteiger partial charge in [0.05, 0.1) is 4.90 Å². The van der Waals surface area contributed by atoms with Crippen molar-refractivity contribution in [1.82, 2.24) is 14.6 Å². The summed E-state index contributed by atoms with van der Waals surface area (Å²) in [5, 5.41) is 3.10. The van der Waals surface area contributed by atoms with Crippen LogP contribution in [0, 0.1) is 5.92 Å². The highest BCUT2D eigenvalue weighted by atomic mass is 32.2. The first kappa shape index (κ1) is 16.5. The number of nitrogens with one attached hydrogen (secondary N) is 2. The van der Waals surface area contributed by atoms with Crippen molar-refractivity contribution in [3.05, 3.63) is 18.0 Å². The van der Waals surface area contributed by atoms with Crippen LogP contribution in [0.4, 0.5) is 0 Å². The van der Waals surface area contributed by atoms with Crippen LogP contribution in [0.5, 0.6) is 0 Å².